The first-order valence-electron chi connectivity index (χ1n) is 9.37. The van der Waals surface area contributed by atoms with Crippen LogP contribution in [0.2, 0.25) is 0 Å². The summed E-state index contributed by atoms with van der Waals surface area (Å²) in [4.78, 5) is 38.7. The maximum Gasteiger partial charge on any atom is 0.343 e. The summed E-state index contributed by atoms with van der Waals surface area (Å²) < 4.78 is 6.29. The number of amides is 2. The first kappa shape index (κ1) is 21.1. The Bertz CT molecular complexity index is 1160. The summed E-state index contributed by atoms with van der Waals surface area (Å²) in [5, 5.41) is -0.299. The van der Waals surface area contributed by atoms with Gasteiger partial charge in [-0.1, -0.05) is 58.4 Å². The van der Waals surface area contributed by atoms with Crippen molar-refractivity contribution in [2.75, 3.05) is 0 Å². The highest BCUT2D eigenvalue weighted by atomic mass is 79.9. The van der Waals surface area contributed by atoms with E-state index in [0.717, 1.165) is 27.4 Å². The summed E-state index contributed by atoms with van der Waals surface area (Å²) in [6.45, 7) is 0.226. The Morgan fingerprint density at radius 1 is 0.935 bits per heavy atom. The molecular weight excluding hydrogens is 478 g/mol. The lowest BCUT2D eigenvalue weighted by Gasteiger charge is -2.12. The average molecular weight is 494 g/mol. The minimum absolute atomic E-state index is 0.226. The number of halogens is 1. The van der Waals surface area contributed by atoms with Crippen LogP contribution in [0.15, 0.2) is 88.2 Å². The summed E-state index contributed by atoms with van der Waals surface area (Å²) >= 11 is 4.29. The number of imide groups is 1. The van der Waals surface area contributed by atoms with Crippen molar-refractivity contribution in [3.8, 4) is 5.75 Å². The van der Waals surface area contributed by atoms with Crippen LogP contribution in [-0.2, 0) is 11.3 Å². The molecule has 1 aliphatic heterocycles. The van der Waals surface area contributed by atoms with Gasteiger partial charge in [-0.2, -0.15) is 0 Å². The number of carbonyl (C=O) groups is 3. The van der Waals surface area contributed by atoms with Crippen molar-refractivity contribution in [2.45, 2.75) is 6.54 Å². The normalized spacial score (nSPS) is 14.9. The average Bonchev–Trinajstić information content (AvgIpc) is 3.04. The van der Waals surface area contributed by atoms with Gasteiger partial charge < -0.3 is 4.74 Å². The molecule has 0 atom stereocenters. The quantitative estimate of drug-likeness (QED) is 0.251. The van der Waals surface area contributed by atoms with Gasteiger partial charge in [-0.3, -0.25) is 14.5 Å². The van der Waals surface area contributed by atoms with Gasteiger partial charge in [0.15, 0.2) is 0 Å². The second-order valence-electron chi connectivity index (χ2n) is 6.72. The summed E-state index contributed by atoms with van der Waals surface area (Å²) in [6, 6.07) is 23.0. The lowest BCUT2D eigenvalue weighted by atomic mass is 10.2. The number of benzene rings is 3. The van der Waals surface area contributed by atoms with E-state index in [1.807, 2.05) is 30.3 Å². The standard InChI is InChI=1S/C24H16BrNO4S/c25-19-10-6-17(7-11-19)15-26-22(27)21(31-24(26)29)14-16-8-12-20(13-9-16)30-23(28)18-4-2-1-3-5-18/h1-14H,15H2/b21-14-. The van der Waals surface area contributed by atoms with Crippen LogP contribution < -0.4 is 4.74 Å². The fourth-order valence-corrected chi connectivity index (χ4v) is 4.03. The SMILES string of the molecule is O=C(Oc1ccc(/C=C2\SC(=O)N(Cc3ccc(Br)cc3)C2=O)cc1)c1ccccc1. The molecule has 1 heterocycles. The molecule has 1 aliphatic rings. The third kappa shape index (κ3) is 5.13. The largest absolute Gasteiger partial charge is 0.423 e. The Morgan fingerprint density at radius 2 is 1.61 bits per heavy atom. The van der Waals surface area contributed by atoms with Crippen molar-refractivity contribution >= 4 is 50.9 Å². The van der Waals surface area contributed by atoms with Crippen LogP contribution >= 0.6 is 27.7 Å². The number of hydrogen-bond donors (Lipinski definition) is 0. The van der Waals surface area contributed by atoms with E-state index in [2.05, 4.69) is 15.9 Å². The van der Waals surface area contributed by atoms with E-state index in [1.165, 1.54) is 4.90 Å². The molecule has 0 spiro atoms. The van der Waals surface area contributed by atoms with Gasteiger partial charge in [0.25, 0.3) is 11.1 Å². The number of ether oxygens (including phenoxy) is 1. The molecule has 4 rings (SSSR count). The van der Waals surface area contributed by atoms with Gasteiger partial charge in [0.1, 0.15) is 5.75 Å². The van der Waals surface area contributed by atoms with E-state index >= 15 is 0 Å². The molecule has 3 aromatic carbocycles. The molecular formula is C24H16BrNO4S. The number of hydrogen-bond acceptors (Lipinski definition) is 5. The van der Waals surface area contributed by atoms with Gasteiger partial charge in [0, 0.05) is 4.47 Å². The number of carbonyl (C=O) groups excluding carboxylic acids is 3. The van der Waals surface area contributed by atoms with Gasteiger partial charge >= 0.3 is 5.97 Å². The molecule has 31 heavy (non-hydrogen) atoms. The zero-order valence-corrected chi connectivity index (χ0v) is 18.6. The molecule has 2 amide bonds. The van der Waals surface area contributed by atoms with Crippen molar-refractivity contribution < 1.29 is 19.1 Å². The molecule has 0 N–H and O–H groups in total. The third-order valence-electron chi connectivity index (χ3n) is 4.53. The monoisotopic (exact) mass is 493 g/mol. The van der Waals surface area contributed by atoms with Gasteiger partial charge in [-0.05, 0) is 65.4 Å². The zero-order chi connectivity index (χ0) is 21.8. The molecule has 0 unspecified atom stereocenters. The molecule has 1 fully saturated rings. The predicted molar refractivity (Wildman–Crippen MR) is 123 cm³/mol. The molecule has 1 saturated heterocycles. The number of rotatable bonds is 5. The smallest absolute Gasteiger partial charge is 0.343 e. The van der Waals surface area contributed by atoms with Gasteiger partial charge in [0.05, 0.1) is 17.0 Å². The van der Waals surface area contributed by atoms with Gasteiger partial charge in [-0.25, -0.2) is 4.79 Å². The highest BCUT2D eigenvalue weighted by Gasteiger charge is 2.34. The third-order valence-corrected chi connectivity index (χ3v) is 5.96. The first-order chi connectivity index (χ1) is 15.0. The maximum atomic E-state index is 12.7. The predicted octanol–water partition coefficient (Wildman–Crippen LogP) is 5.90. The minimum Gasteiger partial charge on any atom is -0.423 e. The Morgan fingerprint density at radius 3 is 2.29 bits per heavy atom. The molecule has 0 saturated carbocycles. The molecule has 0 aliphatic carbocycles. The molecule has 0 aromatic heterocycles. The van der Waals surface area contributed by atoms with Crippen molar-refractivity contribution in [2.24, 2.45) is 0 Å². The molecule has 5 nitrogen and oxygen atoms in total. The molecule has 7 heteroatoms. The number of nitrogens with zero attached hydrogens (tertiary/aromatic N) is 1. The summed E-state index contributed by atoms with van der Waals surface area (Å²) in [6.07, 6.45) is 1.66. The second kappa shape index (κ2) is 9.32. The van der Waals surface area contributed by atoms with E-state index in [9.17, 15) is 14.4 Å². The van der Waals surface area contributed by atoms with Crippen LogP contribution in [0.1, 0.15) is 21.5 Å². The molecule has 0 bridgehead atoms. The van der Waals surface area contributed by atoms with Crippen LogP contribution in [0.25, 0.3) is 6.08 Å². The van der Waals surface area contributed by atoms with Crippen LogP contribution in [0.3, 0.4) is 0 Å². The highest BCUT2D eigenvalue weighted by molar-refractivity contribution is 9.10. The Kier molecular flexibility index (Phi) is 6.34. The Labute approximate surface area is 191 Å². The van der Waals surface area contributed by atoms with Crippen LogP contribution in [0, 0.1) is 0 Å². The van der Waals surface area contributed by atoms with E-state index in [0.29, 0.717) is 16.2 Å². The Hall–Kier alpha value is -3.16. The minimum atomic E-state index is -0.442. The summed E-state index contributed by atoms with van der Waals surface area (Å²) in [5.74, 6) is -0.366. The fraction of sp³-hybridized carbons (Fsp3) is 0.0417. The lowest BCUT2D eigenvalue weighted by molar-refractivity contribution is -0.123. The summed E-state index contributed by atoms with van der Waals surface area (Å²) in [5.41, 5.74) is 2.07. The van der Waals surface area contributed by atoms with Gasteiger partial charge in [0.2, 0.25) is 0 Å². The summed E-state index contributed by atoms with van der Waals surface area (Å²) in [7, 11) is 0. The van der Waals surface area contributed by atoms with E-state index in [4.69, 9.17) is 4.74 Å². The molecule has 154 valence electrons. The Balaban J connectivity index is 1.43. The topological polar surface area (TPSA) is 63.7 Å². The van der Waals surface area contributed by atoms with Crippen molar-refractivity contribution in [3.63, 3.8) is 0 Å². The van der Waals surface area contributed by atoms with Crippen molar-refractivity contribution in [3.05, 3.63) is 105 Å². The van der Waals surface area contributed by atoms with Crippen LogP contribution in [-0.4, -0.2) is 22.0 Å². The molecule has 0 radical (unpaired) electrons. The van der Waals surface area contributed by atoms with Crippen LogP contribution in [0.5, 0.6) is 5.75 Å². The second-order valence-corrected chi connectivity index (χ2v) is 8.63. The van der Waals surface area contributed by atoms with Gasteiger partial charge in [-0.15, -0.1) is 0 Å². The maximum absolute atomic E-state index is 12.7. The van der Waals surface area contributed by atoms with E-state index in [-0.39, 0.29) is 17.7 Å². The number of esters is 1. The number of thioether (sulfide) groups is 1. The van der Waals surface area contributed by atoms with E-state index < -0.39 is 5.97 Å². The highest BCUT2D eigenvalue weighted by Crippen LogP contribution is 2.33. The van der Waals surface area contributed by atoms with Crippen molar-refractivity contribution in [1.82, 2.24) is 4.90 Å². The zero-order valence-electron chi connectivity index (χ0n) is 16.2. The lowest BCUT2D eigenvalue weighted by Crippen LogP contribution is -2.27. The fourth-order valence-electron chi connectivity index (χ4n) is 2.93. The molecule has 3 aromatic rings. The first-order valence-corrected chi connectivity index (χ1v) is 11.0. The van der Waals surface area contributed by atoms with Crippen molar-refractivity contribution in [1.29, 1.82) is 0 Å². The van der Waals surface area contributed by atoms with E-state index in [1.54, 1.807) is 54.6 Å². The van der Waals surface area contributed by atoms with Crippen LogP contribution in [0.4, 0.5) is 4.79 Å².